The standard InChI is InChI=1S/C15H12ClN/c1-10-4-3-5-15(11(10)2)13-6-12(9-17)7-14(16)8-13/h3-8H,1-2H3. The topological polar surface area (TPSA) is 23.8 Å². The first-order chi connectivity index (χ1) is 8.11. The summed E-state index contributed by atoms with van der Waals surface area (Å²) >= 11 is 6.02. The van der Waals surface area contributed by atoms with Gasteiger partial charge in [0.2, 0.25) is 0 Å². The minimum Gasteiger partial charge on any atom is -0.192 e. The Morgan fingerprint density at radius 2 is 1.88 bits per heavy atom. The van der Waals surface area contributed by atoms with E-state index in [1.807, 2.05) is 18.2 Å². The van der Waals surface area contributed by atoms with Crippen molar-refractivity contribution in [3.05, 3.63) is 58.1 Å². The molecule has 0 aromatic heterocycles. The van der Waals surface area contributed by atoms with Crippen LogP contribution in [0, 0.1) is 25.2 Å². The van der Waals surface area contributed by atoms with E-state index in [-0.39, 0.29) is 0 Å². The van der Waals surface area contributed by atoms with Crippen molar-refractivity contribution in [2.75, 3.05) is 0 Å². The molecule has 0 aliphatic heterocycles. The average Bonchev–Trinajstić information content (AvgIpc) is 2.31. The quantitative estimate of drug-likeness (QED) is 0.721. The fourth-order valence-corrected chi connectivity index (χ4v) is 2.11. The van der Waals surface area contributed by atoms with Gasteiger partial charge in [0.25, 0.3) is 0 Å². The van der Waals surface area contributed by atoms with Gasteiger partial charge in [0.15, 0.2) is 0 Å². The van der Waals surface area contributed by atoms with Crippen LogP contribution in [0.3, 0.4) is 0 Å². The molecule has 0 fully saturated rings. The van der Waals surface area contributed by atoms with Crippen molar-refractivity contribution in [2.45, 2.75) is 13.8 Å². The summed E-state index contributed by atoms with van der Waals surface area (Å²) in [5.41, 5.74) is 5.17. The smallest absolute Gasteiger partial charge is 0.0992 e. The zero-order valence-electron chi connectivity index (χ0n) is 9.79. The second kappa shape index (κ2) is 4.61. The van der Waals surface area contributed by atoms with Crippen LogP contribution in [0.2, 0.25) is 5.02 Å². The summed E-state index contributed by atoms with van der Waals surface area (Å²) in [5.74, 6) is 0. The normalized spacial score (nSPS) is 10.0. The van der Waals surface area contributed by atoms with E-state index >= 15 is 0 Å². The number of hydrogen-bond donors (Lipinski definition) is 0. The predicted molar refractivity (Wildman–Crippen MR) is 71.1 cm³/mol. The van der Waals surface area contributed by atoms with Crippen LogP contribution in [0.15, 0.2) is 36.4 Å². The van der Waals surface area contributed by atoms with Crippen molar-refractivity contribution in [3.63, 3.8) is 0 Å². The van der Waals surface area contributed by atoms with Gasteiger partial charge in [-0.1, -0.05) is 29.8 Å². The van der Waals surface area contributed by atoms with Crippen molar-refractivity contribution >= 4 is 11.6 Å². The largest absolute Gasteiger partial charge is 0.192 e. The van der Waals surface area contributed by atoms with Gasteiger partial charge in [0.1, 0.15) is 0 Å². The van der Waals surface area contributed by atoms with Crippen molar-refractivity contribution in [2.24, 2.45) is 0 Å². The lowest BCUT2D eigenvalue weighted by Gasteiger charge is -2.09. The van der Waals surface area contributed by atoms with Gasteiger partial charge in [0.05, 0.1) is 11.6 Å². The lowest BCUT2D eigenvalue weighted by atomic mass is 9.96. The Bertz CT molecular complexity index is 609. The van der Waals surface area contributed by atoms with Gasteiger partial charge in [-0.3, -0.25) is 0 Å². The van der Waals surface area contributed by atoms with Crippen molar-refractivity contribution in [1.82, 2.24) is 0 Å². The molecule has 2 heteroatoms. The van der Waals surface area contributed by atoms with E-state index in [0.717, 1.165) is 11.1 Å². The summed E-state index contributed by atoms with van der Waals surface area (Å²) < 4.78 is 0. The van der Waals surface area contributed by atoms with Gasteiger partial charge < -0.3 is 0 Å². The Kier molecular flexibility index (Phi) is 3.17. The molecule has 0 heterocycles. The second-order valence-corrected chi connectivity index (χ2v) is 4.52. The van der Waals surface area contributed by atoms with Crippen molar-refractivity contribution in [3.8, 4) is 17.2 Å². The first kappa shape index (κ1) is 11.7. The molecule has 0 bridgehead atoms. The number of rotatable bonds is 1. The van der Waals surface area contributed by atoms with E-state index in [1.165, 1.54) is 11.1 Å². The molecule has 2 rings (SSSR count). The molecule has 2 aromatic carbocycles. The van der Waals surface area contributed by atoms with Gasteiger partial charge in [-0.25, -0.2) is 0 Å². The summed E-state index contributed by atoms with van der Waals surface area (Å²) in [5, 5.41) is 9.55. The molecule has 84 valence electrons. The van der Waals surface area contributed by atoms with Gasteiger partial charge in [0, 0.05) is 5.02 Å². The number of aryl methyl sites for hydroxylation is 1. The minimum atomic E-state index is 0.591. The molecule has 0 spiro atoms. The van der Waals surface area contributed by atoms with Crippen LogP contribution in [0.1, 0.15) is 16.7 Å². The third-order valence-electron chi connectivity index (χ3n) is 2.94. The monoisotopic (exact) mass is 241 g/mol. The summed E-state index contributed by atoms with van der Waals surface area (Å²) in [6, 6.07) is 13.7. The number of halogens is 1. The van der Waals surface area contributed by atoms with Gasteiger partial charge in [-0.2, -0.15) is 5.26 Å². The highest BCUT2D eigenvalue weighted by molar-refractivity contribution is 6.31. The molecular weight excluding hydrogens is 230 g/mol. The molecule has 1 nitrogen and oxygen atoms in total. The first-order valence-electron chi connectivity index (χ1n) is 5.39. The highest BCUT2D eigenvalue weighted by Crippen LogP contribution is 2.28. The molecule has 0 saturated heterocycles. The van der Waals surface area contributed by atoms with Crippen LogP contribution in [0.4, 0.5) is 0 Å². The molecule has 0 amide bonds. The van der Waals surface area contributed by atoms with Crippen molar-refractivity contribution in [1.29, 1.82) is 5.26 Å². The maximum absolute atomic E-state index is 8.95. The Morgan fingerprint density at radius 3 is 2.59 bits per heavy atom. The summed E-state index contributed by atoms with van der Waals surface area (Å²) in [6.07, 6.45) is 0. The highest BCUT2D eigenvalue weighted by Gasteiger charge is 2.06. The molecule has 2 aromatic rings. The molecule has 0 aliphatic carbocycles. The van der Waals surface area contributed by atoms with E-state index < -0.39 is 0 Å². The molecule has 0 N–H and O–H groups in total. The van der Waals surface area contributed by atoms with Crippen LogP contribution < -0.4 is 0 Å². The van der Waals surface area contributed by atoms with Crippen molar-refractivity contribution < 1.29 is 0 Å². The third kappa shape index (κ3) is 2.33. The Balaban J connectivity index is 2.65. The zero-order chi connectivity index (χ0) is 12.4. The lowest BCUT2D eigenvalue weighted by molar-refractivity contribution is 1.34. The van der Waals surface area contributed by atoms with Crippen LogP contribution >= 0.6 is 11.6 Å². The Morgan fingerprint density at radius 1 is 1.12 bits per heavy atom. The highest BCUT2D eigenvalue weighted by atomic mass is 35.5. The molecule has 0 atom stereocenters. The van der Waals surface area contributed by atoms with E-state index in [9.17, 15) is 0 Å². The summed E-state index contributed by atoms with van der Waals surface area (Å²) in [4.78, 5) is 0. The summed E-state index contributed by atoms with van der Waals surface area (Å²) in [6.45, 7) is 4.16. The maximum atomic E-state index is 8.95. The maximum Gasteiger partial charge on any atom is 0.0992 e. The average molecular weight is 242 g/mol. The van der Waals surface area contributed by atoms with Gasteiger partial charge in [-0.05, 0) is 54.3 Å². The number of hydrogen-bond acceptors (Lipinski definition) is 1. The number of nitrogens with zero attached hydrogens (tertiary/aromatic N) is 1. The van der Waals surface area contributed by atoms with Crippen LogP contribution in [-0.4, -0.2) is 0 Å². The molecule has 0 radical (unpaired) electrons. The molecule has 0 aliphatic rings. The van der Waals surface area contributed by atoms with E-state index in [1.54, 1.807) is 6.07 Å². The van der Waals surface area contributed by atoms with E-state index in [4.69, 9.17) is 16.9 Å². The number of nitriles is 1. The van der Waals surface area contributed by atoms with E-state index in [2.05, 4.69) is 32.0 Å². The molecular formula is C15H12ClN. The van der Waals surface area contributed by atoms with Gasteiger partial charge >= 0.3 is 0 Å². The fourth-order valence-electron chi connectivity index (χ4n) is 1.87. The third-order valence-corrected chi connectivity index (χ3v) is 3.16. The van der Waals surface area contributed by atoms with Crippen LogP contribution in [0.25, 0.3) is 11.1 Å². The second-order valence-electron chi connectivity index (χ2n) is 4.09. The van der Waals surface area contributed by atoms with Crippen LogP contribution in [0.5, 0.6) is 0 Å². The van der Waals surface area contributed by atoms with Gasteiger partial charge in [-0.15, -0.1) is 0 Å². The molecule has 0 unspecified atom stereocenters. The van der Waals surface area contributed by atoms with E-state index in [0.29, 0.717) is 10.6 Å². The number of benzene rings is 2. The fraction of sp³-hybridized carbons (Fsp3) is 0.133. The lowest BCUT2D eigenvalue weighted by Crippen LogP contribution is -1.88. The summed E-state index contributed by atoms with van der Waals surface area (Å²) in [7, 11) is 0. The predicted octanol–water partition coefficient (Wildman–Crippen LogP) is 4.50. The Hall–Kier alpha value is -1.78. The molecule has 17 heavy (non-hydrogen) atoms. The SMILES string of the molecule is Cc1cccc(-c2cc(Cl)cc(C#N)c2)c1C. The minimum absolute atomic E-state index is 0.591. The molecule has 0 saturated carbocycles. The zero-order valence-corrected chi connectivity index (χ0v) is 10.5. The van der Waals surface area contributed by atoms with Crippen LogP contribution in [-0.2, 0) is 0 Å². The first-order valence-corrected chi connectivity index (χ1v) is 5.77. The Labute approximate surface area is 106 Å².